The summed E-state index contributed by atoms with van der Waals surface area (Å²) in [6.45, 7) is 6.97. The van der Waals surface area contributed by atoms with E-state index in [2.05, 4.69) is 12.2 Å². The van der Waals surface area contributed by atoms with E-state index in [1.165, 1.54) is 0 Å². The third kappa shape index (κ3) is 17.0. The Balaban J connectivity index is 3.05. The number of nitrogens with one attached hydrogen (secondary N) is 1. The number of hydrogen-bond donors (Lipinski definition) is 1. The number of carbonyl (C=O) groups is 2. The predicted octanol–water partition coefficient (Wildman–Crippen LogP) is 0.558. The highest BCUT2D eigenvalue weighted by Crippen LogP contribution is 1.85. The summed E-state index contributed by atoms with van der Waals surface area (Å²) < 4.78 is 21.2. The molecular weight excluding hydrogens is 290 g/mol. The number of hydrogen-bond acceptors (Lipinski definition) is 6. The first-order valence-electron chi connectivity index (χ1n) is 7.82. The average Bonchev–Trinajstić information content (AvgIpc) is 2.53. The molecule has 0 unspecified atom stereocenters. The van der Waals surface area contributed by atoms with Gasteiger partial charge in [-0.25, -0.2) is 0 Å². The van der Waals surface area contributed by atoms with Crippen molar-refractivity contribution in [2.75, 3.05) is 59.4 Å². The van der Waals surface area contributed by atoms with Gasteiger partial charge in [-0.3, -0.25) is 4.79 Å². The second-order valence-electron chi connectivity index (χ2n) is 4.50. The van der Waals surface area contributed by atoms with Crippen LogP contribution in [0.25, 0.3) is 0 Å². The van der Waals surface area contributed by atoms with Crippen LogP contribution in [0, 0.1) is 0 Å². The first-order valence-corrected chi connectivity index (χ1v) is 7.82. The number of carbonyl (C=O) groups excluding carboxylic acids is 2. The van der Waals surface area contributed by atoms with Gasteiger partial charge in [-0.2, -0.15) is 0 Å². The zero-order chi connectivity index (χ0) is 16.3. The Morgan fingerprint density at radius 3 is 1.86 bits per heavy atom. The van der Waals surface area contributed by atoms with Crippen LogP contribution >= 0.6 is 0 Å². The first kappa shape index (κ1) is 21.0. The molecule has 130 valence electrons. The number of rotatable bonds is 17. The molecule has 0 aliphatic rings. The number of ether oxygens (including phenoxy) is 4. The van der Waals surface area contributed by atoms with Crippen LogP contribution in [0.15, 0.2) is 0 Å². The van der Waals surface area contributed by atoms with Crippen LogP contribution in [0.3, 0.4) is 0 Å². The normalized spacial score (nSPS) is 10.6. The molecule has 1 amide bonds. The van der Waals surface area contributed by atoms with Gasteiger partial charge < -0.3 is 29.1 Å². The molecule has 0 spiro atoms. The number of aldehydes is 1. The summed E-state index contributed by atoms with van der Waals surface area (Å²) in [6, 6.07) is 0. The van der Waals surface area contributed by atoms with Crippen LogP contribution in [0.2, 0.25) is 0 Å². The molecule has 7 nitrogen and oxygen atoms in total. The Kier molecular flexibility index (Phi) is 17.2. The molecule has 22 heavy (non-hydrogen) atoms. The predicted molar refractivity (Wildman–Crippen MR) is 81.9 cm³/mol. The fourth-order valence-electron chi connectivity index (χ4n) is 1.45. The minimum atomic E-state index is -0.132. The molecule has 0 radical (unpaired) electrons. The Bertz CT molecular complexity index is 262. The summed E-state index contributed by atoms with van der Waals surface area (Å²) in [5.74, 6) is -0.132. The zero-order valence-corrected chi connectivity index (χ0v) is 13.5. The maximum absolute atomic E-state index is 11.1. The SMILES string of the molecule is CCCOCCOCCOCCOCCNC(=O)CCC=O. The van der Waals surface area contributed by atoms with E-state index in [0.717, 1.165) is 19.3 Å². The molecule has 0 rings (SSSR count). The fourth-order valence-corrected chi connectivity index (χ4v) is 1.45. The zero-order valence-electron chi connectivity index (χ0n) is 13.5. The summed E-state index contributed by atoms with van der Waals surface area (Å²) in [6.07, 6.45) is 2.24. The molecule has 1 N–H and O–H groups in total. The van der Waals surface area contributed by atoms with E-state index >= 15 is 0 Å². The lowest BCUT2D eigenvalue weighted by atomic mass is 10.3. The second kappa shape index (κ2) is 18.0. The van der Waals surface area contributed by atoms with Crippen molar-refractivity contribution in [1.29, 1.82) is 0 Å². The highest BCUT2D eigenvalue weighted by atomic mass is 16.6. The Morgan fingerprint density at radius 2 is 1.36 bits per heavy atom. The quantitative estimate of drug-likeness (QED) is 0.311. The Hall–Kier alpha value is -1.02. The minimum Gasteiger partial charge on any atom is -0.379 e. The monoisotopic (exact) mass is 319 g/mol. The summed E-state index contributed by atoms with van der Waals surface area (Å²) >= 11 is 0. The Morgan fingerprint density at radius 1 is 0.864 bits per heavy atom. The van der Waals surface area contributed by atoms with Gasteiger partial charge >= 0.3 is 0 Å². The lowest BCUT2D eigenvalue weighted by Gasteiger charge is -2.07. The summed E-state index contributed by atoms with van der Waals surface area (Å²) in [7, 11) is 0. The largest absolute Gasteiger partial charge is 0.379 e. The lowest BCUT2D eigenvalue weighted by molar-refractivity contribution is -0.122. The van der Waals surface area contributed by atoms with E-state index in [1.807, 2.05) is 0 Å². The Labute approximate surface area is 132 Å². The highest BCUT2D eigenvalue weighted by molar-refractivity contribution is 5.77. The van der Waals surface area contributed by atoms with Crippen LogP contribution in [0.1, 0.15) is 26.2 Å². The number of amides is 1. The summed E-state index contributed by atoms with van der Waals surface area (Å²) in [5, 5.41) is 2.66. The molecule has 0 aliphatic carbocycles. The van der Waals surface area contributed by atoms with E-state index in [-0.39, 0.29) is 18.7 Å². The van der Waals surface area contributed by atoms with Gasteiger partial charge in [0.05, 0.1) is 46.2 Å². The van der Waals surface area contributed by atoms with Crippen LogP contribution in [-0.2, 0) is 28.5 Å². The molecule has 0 aromatic carbocycles. The molecule has 0 aliphatic heterocycles. The third-order valence-corrected chi connectivity index (χ3v) is 2.52. The lowest BCUT2D eigenvalue weighted by Crippen LogP contribution is -2.27. The topological polar surface area (TPSA) is 83.1 Å². The molecule has 0 heterocycles. The highest BCUT2D eigenvalue weighted by Gasteiger charge is 1.99. The van der Waals surface area contributed by atoms with Crippen molar-refractivity contribution in [3.05, 3.63) is 0 Å². The van der Waals surface area contributed by atoms with Gasteiger partial charge in [-0.15, -0.1) is 0 Å². The van der Waals surface area contributed by atoms with Gasteiger partial charge in [-0.05, 0) is 6.42 Å². The van der Waals surface area contributed by atoms with E-state index in [9.17, 15) is 9.59 Å². The van der Waals surface area contributed by atoms with Crippen molar-refractivity contribution in [2.24, 2.45) is 0 Å². The van der Waals surface area contributed by atoms with Gasteiger partial charge in [0.25, 0.3) is 0 Å². The fraction of sp³-hybridized carbons (Fsp3) is 0.867. The molecule has 0 fully saturated rings. The van der Waals surface area contributed by atoms with Crippen molar-refractivity contribution in [3.8, 4) is 0 Å². The summed E-state index contributed by atoms with van der Waals surface area (Å²) in [4.78, 5) is 21.2. The van der Waals surface area contributed by atoms with Gasteiger partial charge in [0.2, 0.25) is 5.91 Å². The smallest absolute Gasteiger partial charge is 0.220 e. The van der Waals surface area contributed by atoms with Crippen LogP contribution in [0.4, 0.5) is 0 Å². The van der Waals surface area contributed by atoms with E-state index < -0.39 is 0 Å². The van der Waals surface area contributed by atoms with Crippen molar-refractivity contribution in [2.45, 2.75) is 26.2 Å². The molecular formula is C15H29NO6. The van der Waals surface area contributed by atoms with Crippen molar-refractivity contribution >= 4 is 12.2 Å². The maximum atomic E-state index is 11.1. The second-order valence-corrected chi connectivity index (χ2v) is 4.50. The van der Waals surface area contributed by atoms with Crippen LogP contribution in [-0.4, -0.2) is 71.6 Å². The van der Waals surface area contributed by atoms with E-state index in [4.69, 9.17) is 18.9 Å². The average molecular weight is 319 g/mol. The molecule has 0 atom stereocenters. The van der Waals surface area contributed by atoms with Gasteiger partial charge in [0, 0.05) is 26.0 Å². The first-order chi connectivity index (χ1) is 10.8. The molecule has 0 aromatic rings. The molecule has 7 heteroatoms. The van der Waals surface area contributed by atoms with E-state index in [0.29, 0.717) is 52.8 Å². The van der Waals surface area contributed by atoms with Crippen molar-refractivity contribution < 1.29 is 28.5 Å². The minimum absolute atomic E-state index is 0.132. The molecule has 0 saturated carbocycles. The van der Waals surface area contributed by atoms with Gasteiger partial charge in [-0.1, -0.05) is 6.92 Å². The molecule has 0 aromatic heterocycles. The molecule has 0 bridgehead atoms. The van der Waals surface area contributed by atoms with E-state index in [1.54, 1.807) is 0 Å². The standard InChI is InChI=1S/C15H29NO6/c1-2-7-19-9-11-21-13-14-22-12-10-20-8-5-16-15(18)4-3-6-17/h6H,2-5,7-14H2,1H3,(H,16,18). The van der Waals surface area contributed by atoms with Gasteiger partial charge in [0.1, 0.15) is 6.29 Å². The summed E-state index contributed by atoms with van der Waals surface area (Å²) in [5.41, 5.74) is 0. The van der Waals surface area contributed by atoms with Crippen molar-refractivity contribution in [1.82, 2.24) is 5.32 Å². The van der Waals surface area contributed by atoms with Gasteiger partial charge in [0.15, 0.2) is 0 Å². The third-order valence-electron chi connectivity index (χ3n) is 2.52. The van der Waals surface area contributed by atoms with Crippen molar-refractivity contribution in [3.63, 3.8) is 0 Å². The van der Waals surface area contributed by atoms with Crippen LogP contribution < -0.4 is 5.32 Å². The maximum Gasteiger partial charge on any atom is 0.220 e. The molecule has 0 saturated heterocycles. The van der Waals surface area contributed by atoms with Crippen LogP contribution in [0.5, 0.6) is 0 Å².